The summed E-state index contributed by atoms with van der Waals surface area (Å²) in [6.07, 6.45) is 3.55. The maximum absolute atomic E-state index is 4.50. The van der Waals surface area contributed by atoms with Crippen LogP contribution in [0.2, 0.25) is 0 Å². The van der Waals surface area contributed by atoms with Crippen molar-refractivity contribution in [3.63, 3.8) is 0 Å². The van der Waals surface area contributed by atoms with Gasteiger partial charge in [0.2, 0.25) is 0 Å². The Morgan fingerprint density at radius 1 is 1.40 bits per heavy atom. The predicted octanol–water partition coefficient (Wildman–Crippen LogP) is 3.29. The Morgan fingerprint density at radius 2 is 2.33 bits per heavy atom. The number of aromatic amines is 1. The Hall–Kier alpha value is -0.950. The van der Waals surface area contributed by atoms with Gasteiger partial charge in [0.05, 0.1) is 20.1 Å². The predicted molar refractivity (Wildman–Crippen MR) is 69.9 cm³/mol. The molecule has 3 aromatic rings. The Morgan fingerprint density at radius 3 is 3.07 bits per heavy atom. The fourth-order valence-corrected chi connectivity index (χ4v) is 2.76. The number of rotatable bonds is 1. The van der Waals surface area contributed by atoms with E-state index in [9.17, 15) is 0 Å². The van der Waals surface area contributed by atoms with Crippen LogP contribution in [0.15, 0.2) is 29.9 Å². The number of halogens is 1. The largest absolute Gasteiger partial charge is 0.337 e. The Labute approximate surface area is 104 Å². The molecule has 5 heteroatoms. The minimum absolute atomic E-state index is 0.914. The van der Waals surface area contributed by atoms with E-state index in [4.69, 9.17) is 0 Å². The van der Waals surface area contributed by atoms with Crippen molar-refractivity contribution in [2.24, 2.45) is 0 Å². The van der Waals surface area contributed by atoms with Crippen molar-refractivity contribution in [1.29, 1.82) is 0 Å². The second-order valence-corrected chi connectivity index (χ2v) is 5.92. The van der Waals surface area contributed by atoms with Crippen LogP contribution < -0.4 is 0 Å². The molecule has 0 aliphatic carbocycles. The number of H-pyrrole nitrogens is 1. The lowest BCUT2D eigenvalue weighted by Gasteiger charge is -1.86. The molecular weight excluding hydrogens is 321 g/mol. The molecule has 0 aliphatic rings. The van der Waals surface area contributed by atoms with Gasteiger partial charge in [-0.3, -0.25) is 4.98 Å². The van der Waals surface area contributed by atoms with Gasteiger partial charge in [-0.1, -0.05) is 0 Å². The molecule has 0 saturated carbocycles. The summed E-state index contributed by atoms with van der Waals surface area (Å²) in [6, 6.07) is 4.03. The average molecular weight is 327 g/mol. The van der Waals surface area contributed by atoms with Gasteiger partial charge in [-0.05, 0) is 34.7 Å². The Balaban J connectivity index is 2.19. The van der Waals surface area contributed by atoms with Crippen LogP contribution >= 0.6 is 33.9 Å². The maximum Gasteiger partial charge on any atom is 0.139 e. The first-order valence-electron chi connectivity index (χ1n) is 4.37. The van der Waals surface area contributed by atoms with Crippen LogP contribution in [-0.2, 0) is 0 Å². The number of aromatic nitrogens is 3. The van der Waals surface area contributed by atoms with E-state index in [1.807, 2.05) is 6.07 Å². The number of pyridine rings is 1. The fourth-order valence-electron chi connectivity index (χ4n) is 1.43. The van der Waals surface area contributed by atoms with Gasteiger partial charge < -0.3 is 4.98 Å². The molecule has 0 radical (unpaired) electrons. The number of nitrogens with zero attached hydrogens (tertiary/aromatic N) is 2. The van der Waals surface area contributed by atoms with E-state index < -0.39 is 0 Å². The van der Waals surface area contributed by atoms with Crippen LogP contribution in [0, 0.1) is 2.88 Å². The zero-order chi connectivity index (χ0) is 10.3. The second kappa shape index (κ2) is 3.57. The van der Waals surface area contributed by atoms with Crippen molar-refractivity contribution >= 4 is 45.0 Å². The molecule has 3 heterocycles. The molecule has 1 N–H and O–H groups in total. The Kier molecular flexibility index (Phi) is 2.21. The number of imidazole rings is 1. The van der Waals surface area contributed by atoms with Gasteiger partial charge >= 0.3 is 0 Å². The lowest BCUT2D eigenvalue weighted by Crippen LogP contribution is -1.74. The number of hydrogen-bond acceptors (Lipinski definition) is 3. The van der Waals surface area contributed by atoms with Crippen LogP contribution in [0.5, 0.6) is 0 Å². The van der Waals surface area contributed by atoms with Crippen LogP contribution in [-0.4, -0.2) is 15.0 Å². The van der Waals surface area contributed by atoms with Crippen molar-refractivity contribution in [3.05, 3.63) is 32.8 Å². The fraction of sp³-hybridized carbons (Fsp3) is 0. The molecule has 0 atom stereocenters. The van der Waals surface area contributed by atoms with Crippen LogP contribution in [0.25, 0.3) is 22.4 Å². The molecule has 15 heavy (non-hydrogen) atoms. The van der Waals surface area contributed by atoms with Gasteiger partial charge in [-0.15, -0.1) is 11.3 Å². The number of fused-ring (bicyclic) bond motifs is 1. The molecular formula is C10H6IN3S. The highest BCUT2D eigenvalue weighted by Crippen LogP contribution is 2.25. The zero-order valence-corrected chi connectivity index (χ0v) is 10.5. The maximum atomic E-state index is 4.50. The van der Waals surface area contributed by atoms with Crippen LogP contribution in [0.1, 0.15) is 0 Å². The van der Waals surface area contributed by atoms with Crippen molar-refractivity contribution in [2.45, 2.75) is 0 Å². The highest BCUT2D eigenvalue weighted by atomic mass is 127. The van der Waals surface area contributed by atoms with Crippen molar-refractivity contribution in [3.8, 4) is 11.4 Å². The van der Waals surface area contributed by atoms with Gasteiger partial charge in [0.25, 0.3) is 0 Å². The van der Waals surface area contributed by atoms with Gasteiger partial charge in [-0.25, -0.2) is 4.98 Å². The minimum Gasteiger partial charge on any atom is -0.337 e. The summed E-state index contributed by atoms with van der Waals surface area (Å²) in [5.41, 5.74) is 3.08. The highest BCUT2D eigenvalue weighted by Gasteiger charge is 2.06. The van der Waals surface area contributed by atoms with E-state index in [1.54, 1.807) is 23.7 Å². The van der Waals surface area contributed by atoms with Crippen molar-refractivity contribution < 1.29 is 0 Å². The first kappa shape index (κ1) is 9.29. The van der Waals surface area contributed by atoms with Gasteiger partial charge in [-0.2, -0.15) is 0 Å². The molecule has 0 spiro atoms. The second-order valence-electron chi connectivity index (χ2n) is 3.12. The molecule has 74 valence electrons. The summed E-state index contributed by atoms with van der Waals surface area (Å²) in [7, 11) is 0. The SMILES string of the molecule is Ic1cc(-c2nc3ccncc3[nH]2)cs1. The third kappa shape index (κ3) is 1.65. The topological polar surface area (TPSA) is 41.6 Å². The van der Waals surface area contributed by atoms with Gasteiger partial charge in [0, 0.05) is 17.1 Å². The normalized spacial score (nSPS) is 11.0. The van der Waals surface area contributed by atoms with E-state index >= 15 is 0 Å². The van der Waals surface area contributed by atoms with E-state index in [2.05, 4.69) is 49.0 Å². The molecule has 0 unspecified atom stereocenters. The molecule has 0 amide bonds. The minimum atomic E-state index is 0.914. The third-order valence-corrected chi connectivity index (χ3v) is 3.91. The smallest absolute Gasteiger partial charge is 0.139 e. The summed E-state index contributed by atoms with van der Waals surface area (Å²) >= 11 is 4.03. The standard InChI is InChI=1S/C10H6IN3S/c11-9-3-6(5-15-9)10-13-7-1-2-12-4-8(7)14-10/h1-5H,(H,13,14). The molecule has 3 nitrogen and oxygen atoms in total. The quantitative estimate of drug-likeness (QED) is 0.697. The molecule has 0 aromatic carbocycles. The van der Waals surface area contributed by atoms with Gasteiger partial charge in [0.1, 0.15) is 5.82 Å². The first-order valence-corrected chi connectivity index (χ1v) is 6.33. The summed E-state index contributed by atoms with van der Waals surface area (Å²) < 4.78 is 1.26. The molecule has 0 saturated heterocycles. The monoisotopic (exact) mass is 327 g/mol. The molecule has 0 bridgehead atoms. The van der Waals surface area contributed by atoms with E-state index in [0.717, 1.165) is 22.4 Å². The highest BCUT2D eigenvalue weighted by molar-refractivity contribution is 14.1. The summed E-state index contributed by atoms with van der Waals surface area (Å²) in [5.74, 6) is 0.914. The van der Waals surface area contributed by atoms with E-state index in [0.29, 0.717) is 0 Å². The van der Waals surface area contributed by atoms with Gasteiger partial charge in [0.15, 0.2) is 0 Å². The summed E-state index contributed by atoms with van der Waals surface area (Å²) in [5, 5.41) is 2.10. The van der Waals surface area contributed by atoms with Crippen LogP contribution in [0.4, 0.5) is 0 Å². The van der Waals surface area contributed by atoms with E-state index in [-0.39, 0.29) is 0 Å². The molecule has 0 aliphatic heterocycles. The lowest BCUT2D eigenvalue weighted by molar-refractivity contribution is 1.33. The zero-order valence-electron chi connectivity index (χ0n) is 7.57. The van der Waals surface area contributed by atoms with E-state index in [1.165, 1.54) is 2.88 Å². The van der Waals surface area contributed by atoms with Crippen molar-refractivity contribution in [2.75, 3.05) is 0 Å². The Bertz CT molecular complexity index is 581. The van der Waals surface area contributed by atoms with Crippen LogP contribution in [0.3, 0.4) is 0 Å². The number of thiophene rings is 1. The molecule has 3 rings (SSSR count). The van der Waals surface area contributed by atoms with Crippen molar-refractivity contribution in [1.82, 2.24) is 15.0 Å². The first-order chi connectivity index (χ1) is 7.33. The third-order valence-electron chi connectivity index (χ3n) is 2.12. The molecule has 0 fully saturated rings. The summed E-state index contributed by atoms with van der Waals surface area (Å²) in [6.45, 7) is 0. The number of hydrogen-bond donors (Lipinski definition) is 1. The summed E-state index contributed by atoms with van der Waals surface area (Å²) in [4.78, 5) is 11.8. The lowest BCUT2D eigenvalue weighted by atomic mass is 10.3. The average Bonchev–Trinajstić information content (AvgIpc) is 2.82. The molecule has 3 aromatic heterocycles. The number of nitrogens with one attached hydrogen (secondary N) is 1.